The van der Waals surface area contributed by atoms with Gasteiger partial charge in [0.1, 0.15) is 5.75 Å². The van der Waals surface area contributed by atoms with Crippen molar-refractivity contribution in [1.29, 1.82) is 0 Å². The number of hydrogen-bond acceptors (Lipinski definition) is 3. The van der Waals surface area contributed by atoms with Crippen molar-refractivity contribution >= 4 is 17.4 Å². The second-order valence-corrected chi connectivity index (χ2v) is 6.42. The molecule has 0 bridgehead atoms. The van der Waals surface area contributed by atoms with Crippen LogP contribution in [0.25, 0.3) is 0 Å². The molecule has 1 aliphatic rings. The van der Waals surface area contributed by atoms with Gasteiger partial charge in [-0.2, -0.15) is 0 Å². The molecule has 116 valence electrons. The van der Waals surface area contributed by atoms with E-state index in [0.717, 1.165) is 0 Å². The number of ketones is 1. The monoisotopic (exact) mass is 309 g/mol. The zero-order valence-corrected chi connectivity index (χ0v) is 13.8. The Kier molecular flexibility index (Phi) is 5.65. The normalized spacial score (nSPS) is 22.3. The third-order valence-electron chi connectivity index (χ3n) is 4.50. The summed E-state index contributed by atoms with van der Waals surface area (Å²) in [5.41, 5.74) is 0.649. The maximum absolute atomic E-state index is 12.4. The van der Waals surface area contributed by atoms with Gasteiger partial charge >= 0.3 is 0 Å². The van der Waals surface area contributed by atoms with Gasteiger partial charge in [0.15, 0.2) is 5.78 Å². The van der Waals surface area contributed by atoms with E-state index in [1.165, 1.54) is 25.7 Å². The molecule has 0 aliphatic heterocycles. The van der Waals surface area contributed by atoms with Crippen LogP contribution in [0.3, 0.4) is 0 Å². The molecule has 0 spiro atoms. The molecule has 1 aromatic rings. The summed E-state index contributed by atoms with van der Waals surface area (Å²) in [5.74, 6) is 1.37. The molecule has 0 amide bonds. The third-order valence-corrected chi connectivity index (χ3v) is 4.79. The van der Waals surface area contributed by atoms with E-state index in [2.05, 4.69) is 18.9 Å². The van der Waals surface area contributed by atoms with Crippen LogP contribution in [-0.2, 0) is 0 Å². The Morgan fingerprint density at radius 1 is 1.38 bits per heavy atom. The van der Waals surface area contributed by atoms with Crippen LogP contribution in [0.15, 0.2) is 18.2 Å². The lowest BCUT2D eigenvalue weighted by atomic mass is 9.85. The summed E-state index contributed by atoms with van der Waals surface area (Å²) >= 11 is 6.09. The number of methoxy groups -OCH3 is 1. The lowest BCUT2D eigenvalue weighted by molar-refractivity contribution is 0.0851. The SMILES string of the molecule is COc1ccc(C(=O)CN(C)C2CCCCC2C)cc1Cl. The molecule has 0 radical (unpaired) electrons. The first-order valence-corrected chi connectivity index (χ1v) is 7.97. The molecule has 0 N–H and O–H groups in total. The molecular formula is C17H24ClNO2. The molecule has 2 unspecified atom stereocenters. The minimum atomic E-state index is 0.111. The van der Waals surface area contributed by atoms with E-state index in [-0.39, 0.29) is 5.78 Å². The van der Waals surface area contributed by atoms with Gasteiger partial charge in [0.2, 0.25) is 0 Å². The van der Waals surface area contributed by atoms with Crippen LogP contribution in [0.1, 0.15) is 43.0 Å². The third kappa shape index (κ3) is 3.98. The lowest BCUT2D eigenvalue weighted by Crippen LogP contribution is -2.41. The van der Waals surface area contributed by atoms with Gasteiger partial charge in [-0.25, -0.2) is 0 Å². The molecule has 4 heteroatoms. The molecular weight excluding hydrogens is 286 g/mol. The first kappa shape index (κ1) is 16.3. The maximum atomic E-state index is 12.4. The number of benzene rings is 1. The van der Waals surface area contributed by atoms with Crippen molar-refractivity contribution in [1.82, 2.24) is 4.90 Å². The van der Waals surface area contributed by atoms with Crippen molar-refractivity contribution in [2.75, 3.05) is 20.7 Å². The smallest absolute Gasteiger partial charge is 0.176 e. The second-order valence-electron chi connectivity index (χ2n) is 6.02. The van der Waals surface area contributed by atoms with Gasteiger partial charge in [-0.05, 0) is 44.0 Å². The zero-order chi connectivity index (χ0) is 15.4. The van der Waals surface area contributed by atoms with E-state index < -0.39 is 0 Å². The minimum Gasteiger partial charge on any atom is -0.495 e. The number of rotatable bonds is 5. The summed E-state index contributed by atoms with van der Waals surface area (Å²) in [4.78, 5) is 14.6. The van der Waals surface area contributed by atoms with Crippen LogP contribution in [0.5, 0.6) is 5.75 Å². The van der Waals surface area contributed by atoms with Crippen LogP contribution in [0, 0.1) is 5.92 Å². The number of nitrogens with zero attached hydrogens (tertiary/aromatic N) is 1. The summed E-state index contributed by atoms with van der Waals surface area (Å²) in [7, 11) is 3.62. The molecule has 1 fully saturated rings. The van der Waals surface area contributed by atoms with E-state index in [1.807, 2.05) is 0 Å². The quantitative estimate of drug-likeness (QED) is 0.769. The van der Waals surface area contributed by atoms with Gasteiger partial charge in [-0.3, -0.25) is 9.69 Å². The van der Waals surface area contributed by atoms with Gasteiger partial charge in [0.05, 0.1) is 18.7 Å². The van der Waals surface area contributed by atoms with Crippen LogP contribution >= 0.6 is 11.6 Å². The highest BCUT2D eigenvalue weighted by molar-refractivity contribution is 6.32. The van der Waals surface area contributed by atoms with Gasteiger partial charge in [0.25, 0.3) is 0 Å². The lowest BCUT2D eigenvalue weighted by Gasteiger charge is -2.35. The zero-order valence-electron chi connectivity index (χ0n) is 13.1. The highest BCUT2D eigenvalue weighted by Crippen LogP contribution is 2.28. The van der Waals surface area contributed by atoms with Crippen LogP contribution in [0.4, 0.5) is 0 Å². The minimum absolute atomic E-state index is 0.111. The predicted octanol–water partition coefficient (Wildman–Crippen LogP) is 4.04. The average molecular weight is 310 g/mol. The first-order chi connectivity index (χ1) is 10.0. The molecule has 0 aromatic heterocycles. The Morgan fingerprint density at radius 3 is 2.71 bits per heavy atom. The number of hydrogen-bond donors (Lipinski definition) is 0. The number of ether oxygens (including phenoxy) is 1. The number of carbonyl (C=O) groups is 1. The van der Waals surface area contributed by atoms with Crippen LogP contribution in [0.2, 0.25) is 5.02 Å². The molecule has 0 saturated heterocycles. The molecule has 2 atom stereocenters. The molecule has 0 heterocycles. The van der Waals surface area contributed by atoms with Crippen molar-refractivity contribution in [3.05, 3.63) is 28.8 Å². The number of Topliss-reactive ketones (excluding diaryl/α,β-unsaturated/α-hetero) is 1. The van der Waals surface area contributed by atoms with Crippen molar-refractivity contribution in [3.8, 4) is 5.75 Å². The van der Waals surface area contributed by atoms with E-state index in [1.54, 1.807) is 25.3 Å². The number of halogens is 1. The highest BCUT2D eigenvalue weighted by Gasteiger charge is 2.26. The fraction of sp³-hybridized carbons (Fsp3) is 0.588. The molecule has 1 saturated carbocycles. The standard InChI is InChI=1S/C17H24ClNO2/c1-12-6-4-5-7-15(12)19(2)11-16(20)13-8-9-17(21-3)14(18)10-13/h8-10,12,15H,4-7,11H2,1-3H3. The molecule has 1 aliphatic carbocycles. The summed E-state index contributed by atoms with van der Waals surface area (Å²) in [6.45, 7) is 2.73. The van der Waals surface area contributed by atoms with E-state index >= 15 is 0 Å². The van der Waals surface area contributed by atoms with Gasteiger partial charge in [-0.1, -0.05) is 31.4 Å². The Bertz CT molecular complexity index is 504. The summed E-state index contributed by atoms with van der Waals surface area (Å²) in [6, 6.07) is 5.74. The first-order valence-electron chi connectivity index (χ1n) is 7.60. The van der Waals surface area contributed by atoms with Crippen molar-refractivity contribution in [2.24, 2.45) is 5.92 Å². The van der Waals surface area contributed by atoms with E-state index in [9.17, 15) is 4.79 Å². The summed E-state index contributed by atoms with van der Waals surface area (Å²) in [6.07, 6.45) is 5.03. The summed E-state index contributed by atoms with van der Waals surface area (Å²) in [5, 5.41) is 0.483. The largest absolute Gasteiger partial charge is 0.495 e. The van der Waals surface area contributed by atoms with Crippen molar-refractivity contribution in [2.45, 2.75) is 38.6 Å². The Balaban J connectivity index is 2.01. The number of likely N-dealkylation sites (N-methyl/N-ethyl adjacent to an activating group) is 1. The van der Waals surface area contributed by atoms with Gasteiger partial charge < -0.3 is 4.74 Å². The Morgan fingerprint density at radius 2 is 2.10 bits per heavy atom. The average Bonchev–Trinajstić information content (AvgIpc) is 2.47. The maximum Gasteiger partial charge on any atom is 0.176 e. The van der Waals surface area contributed by atoms with Crippen LogP contribution < -0.4 is 4.74 Å². The van der Waals surface area contributed by atoms with E-state index in [0.29, 0.717) is 34.8 Å². The Labute approximate surface area is 132 Å². The Hall–Kier alpha value is -1.06. The van der Waals surface area contributed by atoms with Crippen LogP contribution in [-0.4, -0.2) is 37.4 Å². The summed E-state index contributed by atoms with van der Waals surface area (Å²) < 4.78 is 5.12. The molecule has 2 rings (SSSR count). The topological polar surface area (TPSA) is 29.5 Å². The molecule has 3 nitrogen and oxygen atoms in total. The molecule has 21 heavy (non-hydrogen) atoms. The van der Waals surface area contributed by atoms with Gasteiger partial charge in [-0.15, -0.1) is 0 Å². The number of carbonyl (C=O) groups excluding carboxylic acids is 1. The molecule has 1 aromatic carbocycles. The fourth-order valence-electron chi connectivity index (χ4n) is 3.23. The van der Waals surface area contributed by atoms with Crippen molar-refractivity contribution in [3.63, 3.8) is 0 Å². The fourth-order valence-corrected chi connectivity index (χ4v) is 3.48. The van der Waals surface area contributed by atoms with Gasteiger partial charge in [0, 0.05) is 11.6 Å². The highest BCUT2D eigenvalue weighted by atomic mass is 35.5. The van der Waals surface area contributed by atoms with Crippen molar-refractivity contribution < 1.29 is 9.53 Å². The van der Waals surface area contributed by atoms with E-state index in [4.69, 9.17) is 16.3 Å². The second kappa shape index (κ2) is 7.28. The predicted molar refractivity (Wildman–Crippen MR) is 86.4 cm³/mol.